The predicted octanol–water partition coefficient (Wildman–Crippen LogP) is 4.11. The molecule has 1 aromatic carbocycles. The van der Waals surface area contributed by atoms with E-state index in [9.17, 15) is 0 Å². The molecule has 0 N–H and O–H groups in total. The molecule has 2 heteroatoms. The van der Waals surface area contributed by atoms with Gasteiger partial charge in [0.25, 0.3) is 0 Å². The molecule has 0 bridgehead atoms. The van der Waals surface area contributed by atoms with E-state index in [1.807, 2.05) is 6.07 Å². The zero-order chi connectivity index (χ0) is 10.2. The lowest BCUT2D eigenvalue weighted by molar-refractivity contribution is 0.567. The van der Waals surface area contributed by atoms with E-state index in [4.69, 9.17) is 4.42 Å². The highest BCUT2D eigenvalue weighted by Gasteiger charge is 2.22. The van der Waals surface area contributed by atoms with Crippen LogP contribution in [-0.2, 0) is 5.41 Å². The summed E-state index contributed by atoms with van der Waals surface area (Å²) in [5.74, 6) is 0. The van der Waals surface area contributed by atoms with Crippen LogP contribution < -0.4 is 0 Å². The molecule has 2 rings (SSSR count). The fraction of sp³-hybridized carbons (Fsp3) is 0.333. The summed E-state index contributed by atoms with van der Waals surface area (Å²) in [7, 11) is 0. The van der Waals surface area contributed by atoms with Gasteiger partial charge >= 0.3 is 0 Å². The molecule has 1 heterocycles. The standard InChI is InChI=1S/C12H13BrO/c1-12(2,8-13)10-5-3-4-9-6-7-14-11(9)10/h3-7H,8H2,1-2H3. The first-order valence-electron chi connectivity index (χ1n) is 4.68. The van der Waals surface area contributed by atoms with Crippen LogP contribution in [0.1, 0.15) is 19.4 Å². The van der Waals surface area contributed by atoms with Crippen LogP contribution in [0.2, 0.25) is 0 Å². The molecule has 0 spiro atoms. The van der Waals surface area contributed by atoms with Gasteiger partial charge in [0, 0.05) is 21.7 Å². The van der Waals surface area contributed by atoms with E-state index < -0.39 is 0 Å². The highest BCUT2D eigenvalue weighted by Crippen LogP contribution is 2.32. The number of furan rings is 1. The number of alkyl halides is 1. The molecule has 0 unspecified atom stereocenters. The molecule has 0 saturated carbocycles. The molecule has 1 aromatic heterocycles. The number of hydrogen-bond acceptors (Lipinski definition) is 1. The third kappa shape index (κ3) is 1.48. The second-order valence-electron chi connectivity index (χ2n) is 4.16. The molecule has 0 atom stereocenters. The number of halogens is 1. The van der Waals surface area contributed by atoms with Gasteiger partial charge in [0.2, 0.25) is 0 Å². The van der Waals surface area contributed by atoms with E-state index >= 15 is 0 Å². The largest absolute Gasteiger partial charge is 0.464 e. The molecule has 0 aliphatic heterocycles. The van der Waals surface area contributed by atoms with Gasteiger partial charge in [0.15, 0.2) is 0 Å². The Kier molecular flexibility index (Phi) is 2.40. The third-order valence-corrected chi connectivity index (χ3v) is 3.94. The van der Waals surface area contributed by atoms with Crippen molar-refractivity contribution in [1.82, 2.24) is 0 Å². The normalized spacial score (nSPS) is 12.2. The van der Waals surface area contributed by atoms with Gasteiger partial charge in [0.1, 0.15) is 5.58 Å². The van der Waals surface area contributed by atoms with Crippen molar-refractivity contribution >= 4 is 26.9 Å². The zero-order valence-electron chi connectivity index (χ0n) is 8.38. The maximum absolute atomic E-state index is 5.52. The quantitative estimate of drug-likeness (QED) is 0.734. The summed E-state index contributed by atoms with van der Waals surface area (Å²) in [5.41, 5.74) is 2.38. The van der Waals surface area contributed by atoms with Crippen LogP contribution in [0.3, 0.4) is 0 Å². The van der Waals surface area contributed by atoms with Crippen LogP contribution in [0.5, 0.6) is 0 Å². The second kappa shape index (κ2) is 3.43. The van der Waals surface area contributed by atoms with Crippen molar-refractivity contribution in [2.75, 3.05) is 5.33 Å². The SMILES string of the molecule is CC(C)(CBr)c1cccc2ccoc12. The summed E-state index contributed by atoms with van der Waals surface area (Å²) in [6.07, 6.45) is 1.75. The molecule has 0 radical (unpaired) electrons. The summed E-state index contributed by atoms with van der Waals surface area (Å²) < 4.78 is 5.52. The summed E-state index contributed by atoms with van der Waals surface area (Å²) in [6, 6.07) is 8.29. The average Bonchev–Trinajstić information content (AvgIpc) is 2.64. The molecule has 0 fully saturated rings. The monoisotopic (exact) mass is 252 g/mol. The maximum Gasteiger partial charge on any atom is 0.137 e. The molecule has 14 heavy (non-hydrogen) atoms. The van der Waals surface area contributed by atoms with Crippen molar-refractivity contribution in [3.63, 3.8) is 0 Å². The Balaban J connectivity index is 2.67. The average molecular weight is 253 g/mol. The summed E-state index contributed by atoms with van der Waals surface area (Å²) in [4.78, 5) is 0. The Bertz CT molecular complexity index is 442. The van der Waals surface area contributed by atoms with Crippen LogP contribution in [0.4, 0.5) is 0 Å². The minimum Gasteiger partial charge on any atom is -0.464 e. The molecule has 2 aromatic rings. The number of para-hydroxylation sites is 1. The van der Waals surface area contributed by atoms with Crippen LogP contribution in [0, 0.1) is 0 Å². The zero-order valence-corrected chi connectivity index (χ0v) is 9.97. The van der Waals surface area contributed by atoms with Crippen LogP contribution in [0.15, 0.2) is 34.9 Å². The lowest BCUT2D eigenvalue weighted by Crippen LogP contribution is -2.18. The van der Waals surface area contributed by atoms with Gasteiger partial charge in [-0.05, 0) is 6.07 Å². The van der Waals surface area contributed by atoms with Crippen molar-refractivity contribution in [2.45, 2.75) is 19.3 Å². The minimum atomic E-state index is 0.108. The van der Waals surface area contributed by atoms with E-state index in [1.54, 1.807) is 6.26 Å². The van der Waals surface area contributed by atoms with Crippen LogP contribution in [-0.4, -0.2) is 5.33 Å². The summed E-state index contributed by atoms with van der Waals surface area (Å²) in [5, 5.41) is 2.11. The van der Waals surface area contributed by atoms with Crippen molar-refractivity contribution in [3.05, 3.63) is 36.1 Å². The predicted molar refractivity (Wildman–Crippen MR) is 63.0 cm³/mol. The molecule has 0 amide bonds. The fourth-order valence-corrected chi connectivity index (χ4v) is 1.90. The Labute approximate surface area is 92.2 Å². The first-order chi connectivity index (χ1) is 6.65. The molecule has 0 aliphatic rings. The van der Waals surface area contributed by atoms with E-state index in [0.29, 0.717) is 0 Å². The van der Waals surface area contributed by atoms with Crippen molar-refractivity contribution in [2.24, 2.45) is 0 Å². The molecule has 1 nitrogen and oxygen atoms in total. The lowest BCUT2D eigenvalue weighted by atomic mass is 9.86. The third-order valence-electron chi connectivity index (χ3n) is 2.54. The van der Waals surface area contributed by atoms with Gasteiger partial charge in [-0.1, -0.05) is 48.0 Å². The molecule has 0 saturated heterocycles. The maximum atomic E-state index is 5.52. The number of hydrogen-bond donors (Lipinski definition) is 0. The Morgan fingerprint density at radius 2 is 2.07 bits per heavy atom. The van der Waals surface area contributed by atoms with Crippen LogP contribution >= 0.6 is 15.9 Å². The van der Waals surface area contributed by atoms with E-state index in [1.165, 1.54) is 10.9 Å². The molecule has 0 aliphatic carbocycles. The highest BCUT2D eigenvalue weighted by molar-refractivity contribution is 9.09. The molecule has 74 valence electrons. The van der Waals surface area contributed by atoms with Crippen LogP contribution in [0.25, 0.3) is 11.0 Å². The highest BCUT2D eigenvalue weighted by atomic mass is 79.9. The fourth-order valence-electron chi connectivity index (χ4n) is 1.60. The Morgan fingerprint density at radius 3 is 2.79 bits per heavy atom. The number of benzene rings is 1. The van der Waals surface area contributed by atoms with Crippen molar-refractivity contribution in [1.29, 1.82) is 0 Å². The second-order valence-corrected chi connectivity index (χ2v) is 4.72. The van der Waals surface area contributed by atoms with Gasteiger partial charge < -0.3 is 4.42 Å². The van der Waals surface area contributed by atoms with E-state index in [-0.39, 0.29) is 5.41 Å². The Hall–Kier alpha value is -0.760. The van der Waals surface area contributed by atoms with Crippen molar-refractivity contribution in [3.8, 4) is 0 Å². The van der Waals surface area contributed by atoms with Crippen molar-refractivity contribution < 1.29 is 4.42 Å². The lowest BCUT2D eigenvalue weighted by Gasteiger charge is -2.22. The minimum absolute atomic E-state index is 0.108. The van der Waals surface area contributed by atoms with Gasteiger partial charge in [-0.3, -0.25) is 0 Å². The molecular weight excluding hydrogens is 240 g/mol. The first-order valence-corrected chi connectivity index (χ1v) is 5.80. The van der Waals surface area contributed by atoms with Gasteiger partial charge in [-0.25, -0.2) is 0 Å². The summed E-state index contributed by atoms with van der Waals surface area (Å²) in [6.45, 7) is 4.41. The summed E-state index contributed by atoms with van der Waals surface area (Å²) >= 11 is 3.54. The van der Waals surface area contributed by atoms with Gasteiger partial charge in [-0.2, -0.15) is 0 Å². The van der Waals surface area contributed by atoms with E-state index in [0.717, 1.165) is 10.9 Å². The topological polar surface area (TPSA) is 13.1 Å². The van der Waals surface area contributed by atoms with Gasteiger partial charge in [0.05, 0.1) is 6.26 Å². The Morgan fingerprint density at radius 1 is 1.29 bits per heavy atom. The van der Waals surface area contributed by atoms with Gasteiger partial charge in [-0.15, -0.1) is 0 Å². The van der Waals surface area contributed by atoms with E-state index in [2.05, 4.69) is 48.0 Å². The first kappa shape index (κ1) is 9.78. The number of fused-ring (bicyclic) bond motifs is 1. The molecular formula is C12H13BrO. The number of rotatable bonds is 2. The smallest absolute Gasteiger partial charge is 0.137 e.